The molecular formula is C18H16N4O5S. The summed E-state index contributed by atoms with van der Waals surface area (Å²) in [5.74, 6) is -0.755. The minimum absolute atomic E-state index is 0.0216. The standard InChI is InChI=1S/C18H16N4O5S/c1-11-9-14(22(24)25)10-17(12(11)2)28(26,27)21-20-18(23)16-8-7-13-5-3-4-6-15(13)19-16/h3-10,21H,1-2H3,(H,20,23). The number of carbonyl (C=O) groups excluding carboxylic acids is 1. The van der Waals surface area contributed by atoms with Crippen molar-refractivity contribution < 1.29 is 18.1 Å². The number of hydrogen-bond acceptors (Lipinski definition) is 6. The summed E-state index contributed by atoms with van der Waals surface area (Å²) >= 11 is 0. The zero-order valence-corrected chi connectivity index (χ0v) is 15.8. The van der Waals surface area contributed by atoms with Crippen LogP contribution in [0.15, 0.2) is 53.4 Å². The molecule has 0 atom stereocenters. The van der Waals surface area contributed by atoms with Crippen molar-refractivity contribution >= 4 is 32.5 Å². The Kier molecular flexibility index (Phi) is 5.08. The SMILES string of the molecule is Cc1cc([N+](=O)[O-])cc(S(=O)(=O)NNC(=O)c2ccc3ccccc3n2)c1C. The summed E-state index contributed by atoms with van der Waals surface area (Å²) < 4.78 is 25.1. The molecule has 1 amide bonds. The number of non-ortho nitro benzene ring substituents is 1. The molecule has 0 fully saturated rings. The van der Waals surface area contributed by atoms with Crippen molar-refractivity contribution in [3.05, 3.63) is 75.5 Å². The molecule has 2 aromatic carbocycles. The lowest BCUT2D eigenvalue weighted by atomic mass is 10.1. The monoisotopic (exact) mass is 400 g/mol. The van der Waals surface area contributed by atoms with Gasteiger partial charge in [0, 0.05) is 17.5 Å². The predicted octanol–water partition coefficient (Wildman–Crippen LogP) is 2.38. The second kappa shape index (κ2) is 7.33. The summed E-state index contributed by atoms with van der Waals surface area (Å²) in [6, 6.07) is 12.6. The second-order valence-corrected chi connectivity index (χ2v) is 7.74. The maximum Gasteiger partial charge on any atom is 0.284 e. The van der Waals surface area contributed by atoms with Gasteiger partial charge in [-0.25, -0.2) is 13.4 Å². The van der Waals surface area contributed by atoms with E-state index in [0.29, 0.717) is 16.6 Å². The average molecular weight is 400 g/mol. The van der Waals surface area contributed by atoms with E-state index in [4.69, 9.17) is 0 Å². The summed E-state index contributed by atoms with van der Waals surface area (Å²) in [7, 11) is -4.23. The van der Waals surface area contributed by atoms with Crippen molar-refractivity contribution in [2.24, 2.45) is 0 Å². The third kappa shape index (κ3) is 3.82. The molecule has 3 rings (SSSR count). The molecule has 0 bridgehead atoms. The van der Waals surface area contributed by atoms with E-state index in [-0.39, 0.29) is 16.3 Å². The van der Waals surface area contributed by atoms with E-state index in [1.165, 1.54) is 19.1 Å². The molecule has 0 radical (unpaired) electrons. The molecule has 0 unspecified atom stereocenters. The van der Waals surface area contributed by atoms with Crippen LogP contribution in [0.5, 0.6) is 0 Å². The quantitative estimate of drug-likeness (QED) is 0.499. The topological polar surface area (TPSA) is 131 Å². The molecule has 0 aliphatic heterocycles. The fraction of sp³-hybridized carbons (Fsp3) is 0.111. The molecule has 0 aliphatic carbocycles. The highest BCUT2D eigenvalue weighted by Crippen LogP contribution is 2.25. The van der Waals surface area contributed by atoms with Crippen LogP contribution in [0.2, 0.25) is 0 Å². The highest BCUT2D eigenvalue weighted by atomic mass is 32.2. The number of aryl methyl sites for hydroxylation is 1. The number of sulfonamides is 1. The fourth-order valence-corrected chi connectivity index (χ4v) is 3.80. The molecule has 3 aromatic rings. The molecule has 144 valence electrons. The lowest BCUT2D eigenvalue weighted by Crippen LogP contribution is -2.42. The normalized spacial score (nSPS) is 11.4. The number of nitrogens with zero attached hydrogens (tertiary/aromatic N) is 2. The first-order valence-electron chi connectivity index (χ1n) is 8.12. The maximum absolute atomic E-state index is 12.6. The summed E-state index contributed by atoms with van der Waals surface area (Å²) in [6.45, 7) is 3.10. The number of hydrazine groups is 1. The zero-order valence-electron chi connectivity index (χ0n) is 15.0. The van der Waals surface area contributed by atoms with Gasteiger partial charge in [0.2, 0.25) is 0 Å². The Bertz CT molecular complexity index is 1210. The number of fused-ring (bicyclic) bond motifs is 1. The fourth-order valence-electron chi connectivity index (χ4n) is 2.62. The van der Waals surface area contributed by atoms with Gasteiger partial charge in [-0.3, -0.25) is 20.3 Å². The first kappa shape index (κ1) is 19.4. The first-order valence-corrected chi connectivity index (χ1v) is 9.61. The molecule has 10 heteroatoms. The van der Waals surface area contributed by atoms with Crippen LogP contribution in [0.3, 0.4) is 0 Å². The molecule has 0 saturated heterocycles. The number of hydrogen-bond donors (Lipinski definition) is 2. The lowest BCUT2D eigenvalue weighted by Gasteiger charge is -2.12. The van der Waals surface area contributed by atoms with E-state index >= 15 is 0 Å². The van der Waals surface area contributed by atoms with Gasteiger partial charge in [0.1, 0.15) is 5.69 Å². The number of benzene rings is 2. The first-order chi connectivity index (χ1) is 13.2. The number of nitrogens with one attached hydrogen (secondary N) is 2. The van der Waals surface area contributed by atoms with E-state index in [9.17, 15) is 23.3 Å². The lowest BCUT2D eigenvalue weighted by molar-refractivity contribution is -0.385. The van der Waals surface area contributed by atoms with Crippen molar-refractivity contribution in [3.63, 3.8) is 0 Å². The van der Waals surface area contributed by atoms with Crippen molar-refractivity contribution in [3.8, 4) is 0 Å². The Morgan fingerprint density at radius 3 is 2.54 bits per heavy atom. The van der Waals surface area contributed by atoms with Crippen LogP contribution < -0.4 is 10.3 Å². The van der Waals surface area contributed by atoms with Crippen LogP contribution in [0, 0.1) is 24.0 Å². The number of pyridine rings is 1. The van der Waals surface area contributed by atoms with Gasteiger partial charge in [-0.05, 0) is 37.1 Å². The van der Waals surface area contributed by atoms with Crippen molar-refractivity contribution in [2.75, 3.05) is 0 Å². The minimum Gasteiger partial charge on any atom is -0.272 e. The number of carbonyl (C=O) groups is 1. The van der Waals surface area contributed by atoms with Gasteiger partial charge in [0.05, 0.1) is 15.3 Å². The number of aromatic nitrogens is 1. The molecule has 1 heterocycles. The Balaban J connectivity index is 1.84. The predicted molar refractivity (Wildman–Crippen MR) is 102 cm³/mol. The highest BCUT2D eigenvalue weighted by molar-refractivity contribution is 7.89. The maximum atomic E-state index is 12.6. The number of nitro benzene ring substituents is 1. The molecule has 0 saturated carbocycles. The van der Waals surface area contributed by atoms with Crippen LogP contribution in [0.25, 0.3) is 10.9 Å². The van der Waals surface area contributed by atoms with Crippen molar-refractivity contribution in [1.82, 2.24) is 15.2 Å². The molecule has 0 spiro atoms. The van der Waals surface area contributed by atoms with Gasteiger partial charge in [-0.1, -0.05) is 24.3 Å². The Hall–Kier alpha value is -3.37. The van der Waals surface area contributed by atoms with Crippen LogP contribution in [-0.2, 0) is 10.0 Å². The summed E-state index contributed by atoms with van der Waals surface area (Å²) in [6.07, 6.45) is 0. The van der Waals surface area contributed by atoms with Gasteiger partial charge in [-0.15, -0.1) is 4.83 Å². The molecule has 28 heavy (non-hydrogen) atoms. The molecule has 0 aliphatic rings. The molecular weight excluding hydrogens is 384 g/mol. The number of amides is 1. The van der Waals surface area contributed by atoms with E-state index in [1.807, 2.05) is 17.0 Å². The van der Waals surface area contributed by atoms with E-state index < -0.39 is 20.9 Å². The van der Waals surface area contributed by atoms with Gasteiger partial charge >= 0.3 is 0 Å². The van der Waals surface area contributed by atoms with Crippen LogP contribution >= 0.6 is 0 Å². The molecule has 1 aromatic heterocycles. The van der Waals surface area contributed by atoms with Crippen LogP contribution in [-0.4, -0.2) is 24.2 Å². The van der Waals surface area contributed by atoms with Gasteiger partial charge in [-0.2, -0.15) is 0 Å². The molecule has 2 N–H and O–H groups in total. The number of para-hydroxylation sites is 1. The second-order valence-electron chi connectivity index (χ2n) is 6.09. The van der Waals surface area contributed by atoms with E-state index in [2.05, 4.69) is 10.4 Å². The Morgan fingerprint density at radius 2 is 1.82 bits per heavy atom. The van der Waals surface area contributed by atoms with E-state index in [0.717, 1.165) is 11.5 Å². The minimum atomic E-state index is -4.23. The number of rotatable bonds is 5. The van der Waals surface area contributed by atoms with Crippen molar-refractivity contribution in [2.45, 2.75) is 18.7 Å². The van der Waals surface area contributed by atoms with Crippen LogP contribution in [0.4, 0.5) is 5.69 Å². The summed E-state index contributed by atoms with van der Waals surface area (Å²) in [4.78, 5) is 28.5. The van der Waals surface area contributed by atoms with Gasteiger partial charge in [0.25, 0.3) is 21.6 Å². The van der Waals surface area contributed by atoms with Crippen LogP contribution in [0.1, 0.15) is 21.6 Å². The third-order valence-corrected chi connectivity index (χ3v) is 5.61. The Labute approximate surface area is 160 Å². The summed E-state index contributed by atoms with van der Waals surface area (Å²) in [5.41, 5.74) is 3.13. The third-order valence-electron chi connectivity index (χ3n) is 4.23. The Morgan fingerprint density at radius 1 is 1.11 bits per heavy atom. The van der Waals surface area contributed by atoms with Crippen molar-refractivity contribution in [1.29, 1.82) is 0 Å². The van der Waals surface area contributed by atoms with E-state index in [1.54, 1.807) is 25.1 Å². The highest BCUT2D eigenvalue weighted by Gasteiger charge is 2.23. The molecule has 9 nitrogen and oxygen atoms in total. The number of nitro groups is 1. The smallest absolute Gasteiger partial charge is 0.272 e. The van der Waals surface area contributed by atoms with Gasteiger partial charge < -0.3 is 0 Å². The summed E-state index contributed by atoms with van der Waals surface area (Å²) in [5, 5.41) is 11.8. The largest absolute Gasteiger partial charge is 0.284 e. The average Bonchev–Trinajstić information content (AvgIpc) is 2.67. The zero-order chi connectivity index (χ0) is 20.5. The van der Waals surface area contributed by atoms with Gasteiger partial charge in [0.15, 0.2) is 0 Å².